The number of rotatable bonds is 9. The molecule has 0 aromatic heterocycles. The summed E-state index contributed by atoms with van der Waals surface area (Å²) in [4.78, 5) is 0.350. The van der Waals surface area contributed by atoms with Gasteiger partial charge in [0.1, 0.15) is 0 Å². The molecule has 2 N–H and O–H groups in total. The van der Waals surface area contributed by atoms with E-state index in [1.165, 1.54) is 12.8 Å². The van der Waals surface area contributed by atoms with Gasteiger partial charge in [0.05, 0.1) is 17.6 Å². The summed E-state index contributed by atoms with van der Waals surface area (Å²) in [5.74, 6) is 0. The van der Waals surface area contributed by atoms with Crippen molar-refractivity contribution < 1.29 is 13.2 Å². The van der Waals surface area contributed by atoms with Crippen molar-refractivity contribution in [1.82, 2.24) is 10.0 Å². The van der Waals surface area contributed by atoms with Gasteiger partial charge in [-0.3, -0.25) is 0 Å². The lowest BCUT2D eigenvalue weighted by Crippen LogP contribution is -2.29. The van der Waals surface area contributed by atoms with Crippen LogP contribution in [0.1, 0.15) is 32.3 Å². The highest BCUT2D eigenvalue weighted by Gasteiger charge is 2.22. The number of hydrogen-bond donors (Lipinski definition) is 2. The molecule has 21 heavy (non-hydrogen) atoms. The maximum absolute atomic E-state index is 12.4. The normalized spacial score (nSPS) is 15.6. The minimum Gasteiger partial charge on any atom is -0.377 e. The van der Waals surface area contributed by atoms with Gasteiger partial charge in [-0.15, -0.1) is 0 Å². The van der Waals surface area contributed by atoms with Crippen molar-refractivity contribution in [3.8, 4) is 0 Å². The van der Waals surface area contributed by atoms with E-state index < -0.39 is 10.0 Å². The molecule has 118 valence electrons. The fourth-order valence-electron chi connectivity index (χ4n) is 2.00. The van der Waals surface area contributed by atoms with Gasteiger partial charge in [-0.05, 0) is 38.3 Å². The van der Waals surface area contributed by atoms with Crippen LogP contribution in [0.25, 0.3) is 0 Å². The Kier molecular flexibility index (Phi) is 5.75. The molecule has 0 aliphatic heterocycles. The summed E-state index contributed by atoms with van der Waals surface area (Å²) in [6.07, 6.45) is 2.46. The third-order valence-electron chi connectivity index (χ3n) is 3.27. The molecule has 0 radical (unpaired) electrons. The van der Waals surface area contributed by atoms with E-state index >= 15 is 0 Å². The number of benzene rings is 1. The van der Waals surface area contributed by atoms with Crippen molar-refractivity contribution in [2.24, 2.45) is 0 Å². The van der Waals surface area contributed by atoms with Gasteiger partial charge < -0.3 is 10.1 Å². The van der Waals surface area contributed by atoms with Crippen molar-refractivity contribution in [3.05, 3.63) is 29.8 Å². The molecule has 0 atom stereocenters. The zero-order chi connectivity index (χ0) is 15.3. The smallest absolute Gasteiger partial charge is 0.240 e. The van der Waals surface area contributed by atoms with Gasteiger partial charge in [0.25, 0.3) is 0 Å². The van der Waals surface area contributed by atoms with Crippen LogP contribution in [0.2, 0.25) is 0 Å². The molecule has 5 nitrogen and oxygen atoms in total. The summed E-state index contributed by atoms with van der Waals surface area (Å²) >= 11 is 0. The van der Waals surface area contributed by atoms with E-state index in [-0.39, 0.29) is 12.6 Å². The molecule has 0 unspecified atom stereocenters. The largest absolute Gasteiger partial charge is 0.377 e. The highest BCUT2D eigenvalue weighted by molar-refractivity contribution is 7.89. The number of hydrogen-bond acceptors (Lipinski definition) is 4. The minimum atomic E-state index is -3.49. The maximum atomic E-state index is 12.4. The Balaban J connectivity index is 1.97. The SMILES string of the molecule is CC(C)OCCNS(=O)(=O)c1ccccc1CNC1CC1. The van der Waals surface area contributed by atoms with E-state index in [0.717, 1.165) is 5.56 Å². The molecular formula is C15H24N2O3S. The molecule has 1 aromatic rings. The molecule has 1 fully saturated rings. The fraction of sp³-hybridized carbons (Fsp3) is 0.600. The second kappa shape index (κ2) is 7.35. The first-order chi connectivity index (χ1) is 9.99. The standard InChI is InChI=1S/C15H24N2O3S/c1-12(2)20-10-9-17-21(18,19)15-6-4-3-5-13(15)11-16-14-7-8-14/h3-6,12,14,16-17H,7-11H2,1-2H3. The van der Waals surface area contributed by atoms with Gasteiger partial charge in [0.2, 0.25) is 10.0 Å². The van der Waals surface area contributed by atoms with Crippen LogP contribution >= 0.6 is 0 Å². The highest BCUT2D eigenvalue weighted by Crippen LogP contribution is 2.21. The topological polar surface area (TPSA) is 67.4 Å². The molecule has 0 bridgehead atoms. The lowest BCUT2D eigenvalue weighted by atomic mass is 10.2. The molecule has 0 saturated heterocycles. The van der Waals surface area contributed by atoms with Gasteiger partial charge in [-0.1, -0.05) is 18.2 Å². The average molecular weight is 312 g/mol. The monoisotopic (exact) mass is 312 g/mol. The molecule has 0 amide bonds. The summed E-state index contributed by atoms with van der Waals surface area (Å²) in [5.41, 5.74) is 0.807. The Morgan fingerprint density at radius 3 is 2.67 bits per heavy atom. The van der Waals surface area contributed by atoms with Crippen molar-refractivity contribution in [2.75, 3.05) is 13.2 Å². The van der Waals surface area contributed by atoms with Crippen LogP contribution in [-0.4, -0.2) is 33.7 Å². The van der Waals surface area contributed by atoms with E-state index in [0.29, 0.717) is 24.1 Å². The summed E-state index contributed by atoms with van der Waals surface area (Å²) in [5, 5.41) is 3.35. The Morgan fingerprint density at radius 2 is 2.00 bits per heavy atom. The number of ether oxygens (including phenoxy) is 1. The molecule has 2 rings (SSSR count). The zero-order valence-corrected chi connectivity index (χ0v) is 13.4. The minimum absolute atomic E-state index is 0.101. The van der Waals surface area contributed by atoms with Crippen molar-refractivity contribution in [1.29, 1.82) is 0 Å². The molecule has 0 heterocycles. The molecule has 1 aliphatic carbocycles. The Hall–Kier alpha value is -0.950. The summed E-state index contributed by atoms with van der Waals surface area (Å²) in [7, 11) is -3.49. The van der Waals surface area contributed by atoms with Crippen LogP contribution in [0.15, 0.2) is 29.2 Å². The first kappa shape index (κ1) is 16.4. The van der Waals surface area contributed by atoms with Crippen molar-refractivity contribution >= 4 is 10.0 Å². The predicted octanol–water partition coefficient (Wildman–Crippen LogP) is 1.64. The molecule has 1 aliphatic rings. The van der Waals surface area contributed by atoms with E-state index in [2.05, 4.69) is 10.0 Å². The van der Waals surface area contributed by atoms with Crippen LogP contribution in [0.4, 0.5) is 0 Å². The highest BCUT2D eigenvalue weighted by atomic mass is 32.2. The van der Waals surface area contributed by atoms with E-state index in [4.69, 9.17) is 4.74 Å². The summed E-state index contributed by atoms with van der Waals surface area (Å²) in [6, 6.07) is 7.67. The van der Waals surface area contributed by atoms with Crippen molar-refractivity contribution in [3.63, 3.8) is 0 Å². The van der Waals surface area contributed by atoms with Gasteiger partial charge in [0, 0.05) is 19.1 Å². The predicted molar refractivity (Wildman–Crippen MR) is 82.6 cm³/mol. The van der Waals surface area contributed by atoms with Gasteiger partial charge >= 0.3 is 0 Å². The quantitative estimate of drug-likeness (QED) is 0.680. The summed E-state index contributed by atoms with van der Waals surface area (Å²) in [6.45, 7) is 5.09. The fourth-order valence-corrected chi connectivity index (χ4v) is 3.25. The van der Waals surface area contributed by atoms with Gasteiger partial charge in [0.15, 0.2) is 0 Å². The van der Waals surface area contributed by atoms with Crippen molar-refractivity contribution in [2.45, 2.75) is 50.3 Å². The van der Waals surface area contributed by atoms with Gasteiger partial charge in [-0.25, -0.2) is 13.1 Å². The zero-order valence-electron chi connectivity index (χ0n) is 12.6. The van der Waals surface area contributed by atoms with Crippen LogP contribution in [0.5, 0.6) is 0 Å². The average Bonchev–Trinajstić information content (AvgIpc) is 3.26. The lowest BCUT2D eigenvalue weighted by molar-refractivity contribution is 0.0834. The van der Waals surface area contributed by atoms with E-state index in [1.807, 2.05) is 26.0 Å². The molecule has 0 spiro atoms. The summed E-state index contributed by atoms with van der Waals surface area (Å²) < 4.78 is 32.7. The third-order valence-corrected chi connectivity index (χ3v) is 4.83. The van der Waals surface area contributed by atoms with Gasteiger partial charge in [-0.2, -0.15) is 0 Å². The Labute approximate surface area is 127 Å². The molecule has 1 saturated carbocycles. The molecular weight excluding hydrogens is 288 g/mol. The Morgan fingerprint density at radius 1 is 1.29 bits per heavy atom. The second-order valence-corrected chi connectivity index (χ2v) is 7.32. The molecule has 1 aromatic carbocycles. The van der Waals surface area contributed by atoms with E-state index in [1.54, 1.807) is 12.1 Å². The van der Waals surface area contributed by atoms with Crippen LogP contribution in [-0.2, 0) is 21.3 Å². The molecule has 6 heteroatoms. The second-order valence-electron chi connectivity index (χ2n) is 5.58. The van der Waals surface area contributed by atoms with Crippen LogP contribution < -0.4 is 10.0 Å². The first-order valence-electron chi connectivity index (χ1n) is 7.41. The first-order valence-corrected chi connectivity index (χ1v) is 8.90. The maximum Gasteiger partial charge on any atom is 0.240 e. The lowest BCUT2D eigenvalue weighted by Gasteiger charge is -2.13. The van der Waals surface area contributed by atoms with Crippen LogP contribution in [0.3, 0.4) is 0 Å². The van der Waals surface area contributed by atoms with Crippen LogP contribution in [0, 0.1) is 0 Å². The third kappa shape index (κ3) is 5.39. The number of nitrogens with one attached hydrogen (secondary N) is 2. The Bertz CT molecular complexity index is 554. The number of sulfonamides is 1. The van der Waals surface area contributed by atoms with E-state index in [9.17, 15) is 8.42 Å².